The van der Waals surface area contributed by atoms with Gasteiger partial charge < -0.3 is 16.2 Å². The zero-order chi connectivity index (χ0) is 26.9. The lowest BCUT2D eigenvalue weighted by Crippen LogP contribution is -2.48. The fourth-order valence-electron chi connectivity index (χ4n) is 6.54. The topological polar surface area (TPSA) is 61.3 Å². The first-order valence-corrected chi connectivity index (χ1v) is 12.9. The third-order valence-electron chi connectivity index (χ3n) is 8.20. The first kappa shape index (κ1) is 27.6. The zero-order valence-corrected chi connectivity index (χ0v) is 20.7. The molecule has 204 valence electrons. The van der Waals surface area contributed by atoms with Crippen molar-refractivity contribution in [2.24, 2.45) is 0 Å². The van der Waals surface area contributed by atoms with Gasteiger partial charge in [-0.05, 0) is 86.8 Å². The number of nitrogens with two attached hydrogens (primary N) is 2. The maximum absolute atomic E-state index is 13.5. The molecule has 2 aliphatic carbocycles. The molecule has 3 nitrogen and oxygen atoms in total. The van der Waals surface area contributed by atoms with Crippen LogP contribution in [0.2, 0.25) is 0 Å². The van der Waals surface area contributed by atoms with Crippen molar-refractivity contribution in [3.63, 3.8) is 0 Å². The number of rotatable bonds is 8. The number of benzene rings is 2. The molecular weight excluding hydrogens is 494 g/mol. The van der Waals surface area contributed by atoms with Crippen LogP contribution in [0.25, 0.3) is 0 Å². The van der Waals surface area contributed by atoms with Crippen molar-refractivity contribution < 1.29 is 31.1 Å². The van der Waals surface area contributed by atoms with Crippen molar-refractivity contribution in [1.82, 2.24) is 0 Å². The van der Waals surface area contributed by atoms with Crippen LogP contribution in [0.3, 0.4) is 0 Å². The Balaban J connectivity index is 1.77. The second kappa shape index (κ2) is 10.4. The molecule has 0 saturated heterocycles. The van der Waals surface area contributed by atoms with E-state index in [1.165, 1.54) is 0 Å². The summed E-state index contributed by atoms with van der Waals surface area (Å²) < 4.78 is 88.0. The van der Waals surface area contributed by atoms with Gasteiger partial charge in [0.05, 0.1) is 11.2 Å². The second-order valence-corrected chi connectivity index (χ2v) is 10.7. The Bertz CT molecular complexity index is 953. The van der Waals surface area contributed by atoms with Crippen LogP contribution in [-0.4, -0.2) is 23.6 Å². The molecule has 4 unspecified atom stereocenters. The molecule has 4 atom stereocenters. The molecule has 0 heterocycles. The van der Waals surface area contributed by atoms with Crippen molar-refractivity contribution in [3.05, 3.63) is 59.7 Å². The van der Waals surface area contributed by atoms with Gasteiger partial charge >= 0.3 is 12.4 Å². The first-order chi connectivity index (χ1) is 17.3. The lowest BCUT2D eigenvalue weighted by molar-refractivity contribution is -0.207. The van der Waals surface area contributed by atoms with E-state index >= 15 is 0 Å². The summed E-state index contributed by atoms with van der Waals surface area (Å²) in [6.07, 6.45) is -8.33. The summed E-state index contributed by atoms with van der Waals surface area (Å²) >= 11 is 0. The van der Waals surface area contributed by atoms with Crippen LogP contribution in [0.15, 0.2) is 48.5 Å². The van der Waals surface area contributed by atoms with Gasteiger partial charge in [0.2, 0.25) is 0 Å². The summed E-state index contributed by atoms with van der Waals surface area (Å²) in [5.74, 6) is -0.739. The van der Waals surface area contributed by atoms with E-state index in [1.807, 2.05) is 0 Å². The van der Waals surface area contributed by atoms with Gasteiger partial charge in [-0.25, -0.2) is 0 Å². The molecule has 0 spiro atoms. The average Bonchev–Trinajstić information content (AvgIpc) is 3.42. The van der Waals surface area contributed by atoms with E-state index in [9.17, 15) is 26.3 Å². The van der Waals surface area contributed by atoms with Crippen molar-refractivity contribution in [1.29, 1.82) is 0 Å². The Morgan fingerprint density at radius 3 is 1.32 bits per heavy atom. The fourth-order valence-corrected chi connectivity index (χ4v) is 6.54. The van der Waals surface area contributed by atoms with Crippen molar-refractivity contribution >= 4 is 11.4 Å². The standard InChI is InChI=1S/C28H34F6N2O/c29-27(30,31)17-15-25(13-1-3-23(25)19-5-9-21(35)10-6-19)37-26(16-18-28(32,33)34)14-2-4-24(26)20-7-11-22(36)12-8-20/h5-12,23-24H,1-4,13-18,35-36H2. The molecule has 2 aliphatic rings. The van der Waals surface area contributed by atoms with Gasteiger partial charge in [-0.3, -0.25) is 0 Å². The number of halogens is 6. The minimum absolute atomic E-state index is 0.298. The fraction of sp³-hybridized carbons (Fsp3) is 0.571. The summed E-state index contributed by atoms with van der Waals surface area (Å²) in [7, 11) is 0. The van der Waals surface area contributed by atoms with Crippen LogP contribution in [0.5, 0.6) is 0 Å². The first-order valence-electron chi connectivity index (χ1n) is 12.9. The van der Waals surface area contributed by atoms with E-state index in [0.717, 1.165) is 11.1 Å². The second-order valence-electron chi connectivity index (χ2n) is 10.7. The lowest BCUT2D eigenvalue weighted by atomic mass is 9.77. The minimum Gasteiger partial charge on any atom is -0.399 e. The quantitative estimate of drug-likeness (QED) is 0.268. The molecular formula is C28H34F6N2O. The van der Waals surface area contributed by atoms with Crippen molar-refractivity contribution in [3.8, 4) is 0 Å². The Labute approximate surface area is 213 Å². The van der Waals surface area contributed by atoms with E-state index in [2.05, 4.69) is 0 Å². The molecule has 0 bridgehead atoms. The Kier molecular flexibility index (Phi) is 7.75. The van der Waals surface area contributed by atoms with Gasteiger partial charge in [-0.2, -0.15) is 26.3 Å². The SMILES string of the molecule is Nc1ccc(C2CCCC2(CCC(F)(F)F)OC2(CCC(F)(F)F)CCCC2c2ccc(N)cc2)cc1. The number of alkyl halides is 6. The normalized spacial score (nSPS) is 28.6. The summed E-state index contributed by atoms with van der Waals surface area (Å²) in [6.45, 7) is 0. The minimum atomic E-state index is -4.41. The predicted molar refractivity (Wildman–Crippen MR) is 132 cm³/mol. The molecule has 4 N–H and O–H groups in total. The van der Waals surface area contributed by atoms with Crippen LogP contribution in [0.4, 0.5) is 37.7 Å². The van der Waals surface area contributed by atoms with E-state index in [0.29, 0.717) is 49.9 Å². The molecule has 2 aromatic rings. The number of hydrogen-bond acceptors (Lipinski definition) is 3. The molecule has 2 fully saturated rings. The smallest absolute Gasteiger partial charge is 0.389 e. The largest absolute Gasteiger partial charge is 0.399 e. The lowest BCUT2D eigenvalue weighted by Gasteiger charge is -2.47. The van der Waals surface area contributed by atoms with Crippen LogP contribution in [0.1, 0.15) is 87.2 Å². The summed E-state index contributed by atoms with van der Waals surface area (Å²) in [5, 5.41) is 0. The van der Waals surface area contributed by atoms with Gasteiger partial charge in [0, 0.05) is 36.1 Å². The van der Waals surface area contributed by atoms with E-state index < -0.39 is 36.4 Å². The van der Waals surface area contributed by atoms with Gasteiger partial charge in [0.1, 0.15) is 0 Å². The number of ether oxygens (including phenoxy) is 1. The third kappa shape index (κ3) is 6.54. The molecule has 9 heteroatoms. The van der Waals surface area contributed by atoms with Crippen LogP contribution >= 0.6 is 0 Å². The van der Waals surface area contributed by atoms with E-state index in [-0.39, 0.29) is 24.7 Å². The molecule has 2 saturated carbocycles. The third-order valence-corrected chi connectivity index (χ3v) is 8.20. The Morgan fingerprint density at radius 1 is 0.649 bits per heavy atom. The summed E-state index contributed by atoms with van der Waals surface area (Å²) in [6, 6.07) is 14.0. The Hall–Kier alpha value is -2.42. The molecule has 0 aliphatic heterocycles. The predicted octanol–water partition coefficient (Wildman–Crippen LogP) is 8.27. The van der Waals surface area contributed by atoms with Crippen LogP contribution in [-0.2, 0) is 4.74 Å². The maximum atomic E-state index is 13.5. The Morgan fingerprint density at radius 2 is 1.00 bits per heavy atom. The summed E-state index contributed by atoms with van der Waals surface area (Å²) in [5.41, 5.74) is 11.9. The van der Waals surface area contributed by atoms with Crippen LogP contribution < -0.4 is 11.5 Å². The average molecular weight is 529 g/mol. The van der Waals surface area contributed by atoms with Gasteiger partial charge in [-0.1, -0.05) is 24.3 Å². The monoisotopic (exact) mass is 528 g/mol. The molecule has 0 amide bonds. The zero-order valence-electron chi connectivity index (χ0n) is 20.7. The van der Waals surface area contributed by atoms with Crippen LogP contribution in [0, 0.1) is 0 Å². The number of anilines is 2. The highest BCUT2D eigenvalue weighted by molar-refractivity contribution is 5.42. The van der Waals surface area contributed by atoms with Gasteiger partial charge in [0.15, 0.2) is 0 Å². The van der Waals surface area contributed by atoms with Gasteiger partial charge in [0.25, 0.3) is 0 Å². The molecule has 4 rings (SSSR count). The van der Waals surface area contributed by atoms with Crippen molar-refractivity contribution in [2.45, 2.75) is 99.6 Å². The highest BCUT2D eigenvalue weighted by Gasteiger charge is 2.55. The maximum Gasteiger partial charge on any atom is 0.389 e. The van der Waals surface area contributed by atoms with E-state index in [4.69, 9.17) is 16.2 Å². The highest BCUT2D eigenvalue weighted by Crippen LogP contribution is 2.57. The van der Waals surface area contributed by atoms with Gasteiger partial charge in [-0.15, -0.1) is 0 Å². The van der Waals surface area contributed by atoms with E-state index in [1.54, 1.807) is 48.5 Å². The summed E-state index contributed by atoms with van der Waals surface area (Å²) in [4.78, 5) is 0. The molecule has 37 heavy (non-hydrogen) atoms. The molecule has 0 radical (unpaired) electrons. The highest BCUT2D eigenvalue weighted by atomic mass is 19.4. The number of hydrogen-bond donors (Lipinski definition) is 2. The van der Waals surface area contributed by atoms with Crippen molar-refractivity contribution in [2.75, 3.05) is 11.5 Å². The molecule has 2 aromatic carbocycles. The molecule has 0 aromatic heterocycles. The number of nitrogen functional groups attached to an aromatic ring is 2.